The Morgan fingerprint density at radius 1 is 0.913 bits per heavy atom. The third-order valence-corrected chi connectivity index (χ3v) is 3.82. The third-order valence-electron chi connectivity index (χ3n) is 3.01. The first-order valence-corrected chi connectivity index (χ1v) is 7.88. The van der Waals surface area contributed by atoms with E-state index >= 15 is 0 Å². The van der Waals surface area contributed by atoms with Crippen molar-refractivity contribution in [1.82, 2.24) is 5.43 Å². The van der Waals surface area contributed by atoms with Crippen LogP contribution in [0, 0.1) is 0 Å². The molecule has 120 valence electrons. The lowest BCUT2D eigenvalue weighted by Gasteiger charge is -2.12. The molecule has 0 aliphatic carbocycles. The molecule has 0 atom stereocenters. The van der Waals surface area contributed by atoms with Gasteiger partial charge in [0.25, 0.3) is 0 Å². The normalized spacial score (nSPS) is 10.2. The number of ketones is 1. The number of nitrogens with one attached hydrogen (secondary N) is 2. The number of benzene rings is 2. The van der Waals surface area contributed by atoms with Gasteiger partial charge in [-0.2, -0.15) is 0 Å². The predicted molar refractivity (Wildman–Crippen MR) is 93.2 cm³/mol. The number of Topliss-reactive ketones (excluding diaryl/α,β-unsaturated/α-hetero) is 1. The summed E-state index contributed by atoms with van der Waals surface area (Å²) in [4.78, 5) is 23.7. The molecule has 0 unspecified atom stereocenters. The van der Waals surface area contributed by atoms with Gasteiger partial charge >= 0.3 is 0 Å². The van der Waals surface area contributed by atoms with Crippen molar-refractivity contribution >= 4 is 52.2 Å². The standard InChI is InChI=1S/C16H13Cl3N2O2/c17-11-8-12(18)16(13(19)9-11)21-20-15(23)7-6-14(22)10-4-2-1-3-5-10/h1-5,8-9,21H,6-7H2,(H,20,23). The van der Waals surface area contributed by atoms with Crippen LogP contribution in [0.3, 0.4) is 0 Å². The van der Waals surface area contributed by atoms with Gasteiger partial charge in [0, 0.05) is 23.4 Å². The van der Waals surface area contributed by atoms with E-state index in [1.807, 2.05) is 6.07 Å². The molecule has 0 saturated heterocycles. The number of amides is 1. The van der Waals surface area contributed by atoms with Crippen LogP contribution in [0.15, 0.2) is 42.5 Å². The molecule has 23 heavy (non-hydrogen) atoms. The zero-order valence-electron chi connectivity index (χ0n) is 11.9. The van der Waals surface area contributed by atoms with E-state index in [-0.39, 0.29) is 34.6 Å². The van der Waals surface area contributed by atoms with Crippen LogP contribution in [-0.2, 0) is 4.79 Å². The number of hydrogen-bond donors (Lipinski definition) is 2. The summed E-state index contributed by atoms with van der Waals surface area (Å²) in [7, 11) is 0. The van der Waals surface area contributed by atoms with Gasteiger partial charge in [0.05, 0.1) is 15.7 Å². The Kier molecular flexibility index (Phi) is 6.28. The zero-order valence-corrected chi connectivity index (χ0v) is 14.2. The van der Waals surface area contributed by atoms with Gasteiger partial charge < -0.3 is 0 Å². The van der Waals surface area contributed by atoms with Crippen molar-refractivity contribution < 1.29 is 9.59 Å². The molecule has 0 saturated carbocycles. The Bertz CT molecular complexity index is 698. The Morgan fingerprint density at radius 2 is 1.52 bits per heavy atom. The first kappa shape index (κ1) is 17.6. The maximum Gasteiger partial charge on any atom is 0.238 e. The van der Waals surface area contributed by atoms with Crippen LogP contribution in [0.4, 0.5) is 5.69 Å². The molecule has 0 aliphatic rings. The van der Waals surface area contributed by atoms with Gasteiger partial charge in [0.1, 0.15) is 0 Å². The molecule has 0 heterocycles. The summed E-state index contributed by atoms with van der Waals surface area (Å²) >= 11 is 17.8. The lowest BCUT2D eigenvalue weighted by molar-refractivity contribution is -0.120. The molecule has 0 spiro atoms. The van der Waals surface area contributed by atoms with Crippen molar-refractivity contribution in [3.63, 3.8) is 0 Å². The second-order valence-corrected chi connectivity index (χ2v) is 5.96. The summed E-state index contributed by atoms with van der Waals surface area (Å²) < 4.78 is 0. The first-order valence-electron chi connectivity index (χ1n) is 6.75. The average molecular weight is 372 g/mol. The summed E-state index contributed by atoms with van der Waals surface area (Å²) in [6, 6.07) is 11.8. The first-order chi connectivity index (χ1) is 11.0. The van der Waals surface area contributed by atoms with Crippen molar-refractivity contribution in [3.8, 4) is 0 Å². The van der Waals surface area contributed by atoms with Crippen LogP contribution >= 0.6 is 34.8 Å². The van der Waals surface area contributed by atoms with E-state index in [9.17, 15) is 9.59 Å². The number of hydrogen-bond acceptors (Lipinski definition) is 3. The molecule has 2 rings (SSSR count). The molecule has 1 amide bonds. The Labute approximate surface area is 148 Å². The predicted octanol–water partition coefficient (Wildman–Crippen LogP) is 4.75. The molecule has 0 radical (unpaired) electrons. The largest absolute Gasteiger partial charge is 0.296 e. The van der Waals surface area contributed by atoms with E-state index < -0.39 is 0 Å². The van der Waals surface area contributed by atoms with Crippen LogP contribution in [0.2, 0.25) is 15.1 Å². The number of halogens is 3. The molecule has 2 aromatic rings. The van der Waals surface area contributed by atoms with E-state index in [4.69, 9.17) is 34.8 Å². The van der Waals surface area contributed by atoms with Crippen LogP contribution < -0.4 is 10.9 Å². The second kappa shape index (κ2) is 8.20. The van der Waals surface area contributed by atoms with Crippen LogP contribution in [0.25, 0.3) is 0 Å². The van der Waals surface area contributed by atoms with Gasteiger partial charge in [-0.15, -0.1) is 0 Å². The molecule has 0 bridgehead atoms. The fraction of sp³-hybridized carbons (Fsp3) is 0.125. The second-order valence-electron chi connectivity index (χ2n) is 4.71. The lowest BCUT2D eigenvalue weighted by Crippen LogP contribution is -2.29. The van der Waals surface area contributed by atoms with Gasteiger partial charge in [-0.1, -0.05) is 65.1 Å². The maximum atomic E-state index is 11.9. The Balaban J connectivity index is 1.85. The number of carbonyl (C=O) groups excluding carboxylic acids is 2. The molecule has 0 aromatic heterocycles. The summed E-state index contributed by atoms with van der Waals surface area (Å²) in [5, 5.41) is 0.955. The van der Waals surface area contributed by atoms with E-state index in [0.29, 0.717) is 16.3 Å². The molecule has 7 heteroatoms. The minimum absolute atomic E-state index is 0.0452. The summed E-state index contributed by atoms with van der Waals surface area (Å²) in [6.07, 6.45) is 0.156. The van der Waals surface area contributed by atoms with E-state index in [2.05, 4.69) is 10.9 Å². The average Bonchev–Trinajstić information content (AvgIpc) is 2.52. The molecular formula is C16H13Cl3N2O2. The monoisotopic (exact) mass is 370 g/mol. The molecular weight excluding hydrogens is 359 g/mol. The fourth-order valence-corrected chi connectivity index (χ4v) is 2.76. The SMILES string of the molecule is O=C(CCC(=O)c1ccccc1)NNc1c(Cl)cc(Cl)cc1Cl. The molecule has 0 aliphatic heterocycles. The minimum Gasteiger partial charge on any atom is -0.296 e. The topological polar surface area (TPSA) is 58.2 Å². The molecule has 0 fully saturated rings. The van der Waals surface area contributed by atoms with E-state index in [0.717, 1.165) is 0 Å². The van der Waals surface area contributed by atoms with Crippen LogP contribution in [0.1, 0.15) is 23.2 Å². The minimum atomic E-state index is -0.351. The van der Waals surface area contributed by atoms with Crippen molar-refractivity contribution in [2.24, 2.45) is 0 Å². The van der Waals surface area contributed by atoms with Crippen LogP contribution in [-0.4, -0.2) is 11.7 Å². The summed E-state index contributed by atoms with van der Waals surface area (Å²) in [5.41, 5.74) is 6.02. The van der Waals surface area contributed by atoms with Crippen molar-refractivity contribution in [2.75, 3.05) is 5.43 Å². The molecule has 4 nitrogen and oxygen atoms in total. The van der Waals surface area contributed by atoms with Gasteiger partial charge in [0.15, 0.2) is 5.78 Å². The van der Waals surface area contributed by atoms with Crippen molar-refractivity contribution in [3.05, 3.63) is 63.1 Å². The fourth-order valence-electron chi connectivity index (χ4n) is 1.85. The summed E-state index contributed by atoms with van der Waals surface area (Å²) in [5.74, 6) is -0.445. The van der Waals surface area contributed by atoms with Crippen molar-refractivity contribution in [2.45, 2.75) is 12.8 Å². The van der Waals surface area contributed by atoms with E-state index in [1.165, 1.54) is 12.1 Å². The number of rotatable bonds is 6. The third kappa shape index (κ3) is 5.13. The van der Waals surface area contributed by atoms with E-state index in [1.54, 1.807) is 24.3 Å². The Morgan fingerprint density at radius 3 is 2.13 bits per heavy atom. The van der Waals surface area contributed by atoms with Gasteiger partial charge in [0.2, 0.25) is 5.91 Å². The maximum absolute atomic E-state index is 11.9. The lowest BCUT2D eigenvalue weighted by atomic mass is 10.1. The number of anilines is 1. The smallest absolute Gasteiger partial charge is 0.238 e. The van der Waals surface area contributed by atoms with Gasteiger partial charge in [-0.05, 0) is 12.1 Å². The highest BCUT2D eigenvalue weighted by Gasteiger charge is 2.11. The highest BCUT2D eigenvalue weighted by Crippen LogP contribution is 2.33. The van der Waals surface area contributed by atoms with Gasteiger partial charge in [-0.25, -0.2) is 0 Å². The quantitative estimate of drug-likeness (QED) is 0.569. The number of carbonyl (C=O) groups is 2. The highest BCUT2D eigenvalue weighted by atomic mass is 35.5. The summed E-state index contributed by atoms with van der Waals surface area (Å²) in [6.45, 7) is 0. The number of hydrazine groups is 1. The molecule has 2 N–H and O–H groups in total. The molecule has 2 aromatic carbocycles. The van der Waals surface area contributed by atoms with Gasteiger partial charge in [-0.3, -0.25) is 20.4 Å². The highest BCUT2D eigenvalue weighted by molar-refractivity contribution is 6.41. The Hall–Kier alpha value is -1.75. The van der Waals surface area contributed by atoms with Crippen LogP contribution in [0.5, 0.6) is 0 Å². The zero-order chi connectivity index (χ0) is 16.8. The van der Waals surface area contributed by atoms with Crippen molar-refractivity contribution in [1.29, 1.82) is 0 Å².